The van der Waals surface area contributed by atoms with Gasteiger partial charge in [0, 0.05) is 23.6 Å². The molecule has 14 heteroatoms. The quantitative estimate of drug-likeness (QED) is 0.140. The lowest BCUT2D eigenvalue weighted by molar-refractivity contribution is -0.150. The molecule has 1 aromatic heterocycles. The Morgan fingerprint density at radius 1 is 1.42 bits per heavy atom. The van der Waals surface area contributed by atoms with E-state index < -0.39 is 47.0 Å². The summed E-state index contributed by atoms with van der Waals surface area (Å²) in [6.07, 6.45) is 2.36. The Balaban J connectivity index is 1.50. The third-order valence-corrected chi connectivity index (χ3v) is 6.79. The number of ether oxygens (including phenoxy) is 1. The van der Waals surface area contributed by atoms with Gasteiger partial charge in [0.2, 0.25) is 0 Å². The van der Waals surface area contributed by atoms with Crippen LogP contribution in [0.25, 0.3) is 0 Å². The fraction of sp³-hybridized carbons (Fsp3) is 0.294. The maximum atomic E-state index is 12.7. The van der Waals surface area contributed by atoms with Gasteiger partial charge in [-0.25, -0.2) is 14.6 Å². The zero-order valence-electron chi connectivity index (χ0n) is 15.5. The van der Waals surface area contributed by atoms with Crippen molar-refractivity contribution in [1.82, 2.24) is 15.2 Å². The Hall–Kier alpha value is -3.39. The number of esters is 1. The first-order chi connectivity index (χ1) is 14.8. The van der Waals surface area contributed by atoms with Gasteiger partial charge in [-0.1, -0.05) is 5.16 Å². The van der Waals surface area contributed by atoms with Gasteiger partial charge in [-0.05, 0) is 11.6 Å². The largest absolute Gasteiger partial charge is 0.477 e. The first kappa shape index (κ1) is 20.9. The smallest absolute Gasteiger partial charge is 0.352 e. The highest BCUT2D eigenvalue weighted by atomic mass is 32.2. The van der Waals surface area contributed by atoms with Crippen molar-refractivity contribution in [2.45, 2.75) is 23.9 Å². The van der Waals surface area contributed by atoms with Gasteiger partial charge in [-0.15, -0.1) is 23.1 Å². The number of cyclic esters (lactones) is 1. The number of β-lactam (4-membered cyclic amide) rings is 1. The molecule has 162 valence electrons. The Bertz CT molecular complexity index is 1080. The summed E-state index contributed by atoms with van der Waals surface area (Å²) >= 11 is 2.32. The number of aliphatic carboxylic acids is 1. The molecule has 1 fully saturated rings. The highest BCUT2D eigenvalue weighted by Crippen LogP contribution is 2.41. The second-order valence-electron chi connectivity index (χ2n) is 6.68. The van der Waals surface area contributed by atoms with Crippen LogP contribution in [0.4, 0.5) is 5.13 Å². The monoisotopic (exact) mass is 465 g/mol. The van der Waals surface area contributed by atoms with E-state index in [1.807, 2.05) is 0 Å². The Labute approximate surface area is 182 Å². The van der Waals surface area contributed by atoms with Crippen LogP contribution in [0, 0.1) is 0 Å². The molecule has 0 saturated carbocycles. The molecule has 1 unspecified atom stereocenters. The lowest BCUT2D eigenvalue weighted by Crippen LogP contribution is -2.71. The standard InChI is InChI=1S/C17H15N5O7S2/c18-17-19-8(5-31-17)10(21-28)13(24)20-11-14(25)22-12(16(26)27)6(4-30-15(11)22)3-7-1-2-9(23)29-7/h1-2,5,7,11,15,28H,3-4H2,(H2,18,19)(H,20,24)(H,26,27)/b21-10-/t7?,11-,15+/m1/s1. The Morgan fingerprint density at radius 3 is 2.77 bits per heavy atom. The van der Waals surface area contributed by atoms with Crippen LogP contribution in [0.3, 0.4) is 0 Å². The molecule has 12 nitrogen and oxygen atoms in total. The van der Waals surface area contributed by atoms with Gasteiger partial charge in [0.05, 0.1) is 0 Å². The van der Waals surface area contributed by atoms with Gasteiger partial charge >= 0.3 is 11.9 Å². The molecule has 0 spiro atoms. The number of nitrogens with zero attached hydrogens (tertiary/aromatic N) is 3. The number of hydrogen-bond donors (Lipinski definition) is 4. The molecule has 4 rings (SSSR count). The number of oxime groups is 1. The lowest BCUT2D eigenvalue weighted by atomic mass is 9.99. The molecular formula is C17H15N5O7S2. The number of thiazole rings is 1. The number of carboxylic acid groups (broad SMARTS) is 1. The van der Waals surface area contributed by atoms with Crippen molar-refractivity contribution in [3.8, 4) is 0 Å². The van der Waals surface area contributed by atoms with E-state index in [1.54, 1.807) is 0 Å². The zero-order valence-corrected chi connectivity index (χ0v) is 17.2. The number of fused-ring (bicyclic) bond motifs is 1. The zero-order chi connectivity index (χ0) is 22.3. The highest BCUT2D eigenvalue weighted by molar-refractivity contribution is 8.00. The van der Waals surface area contributed by atoms with E-state index in [9.17, 15) is 29.5 Å². The van der Waals surface area contributed by atoms with Crippen molar-refractivity contribution in [2.75, 3.05) is 11.5 Å². The van der Waals surface area contributed by atoms with Crippen LogP contribution in [0.15, 0.2) is 34.0 Å². The maximum absolute atomic E-state index is 12.7. The summed E-state index contributed by atoms with van der Waals surface area (Å²) in [4.78, 5) is 53.3. The maximum Gasteiger partial charge on any atom is 0.352 e. The first-order valence-electron chi connectivity index (χ1n) is 8.83. The summed E-state index contributed by atoms with van der Waals surface area (Å²) in [5.41, 5.74) is 5.43. The van der Waals surface area contributed by atoms with E-state index in [0.717, 1.165) is 16.2 Å². The summed E-state index contributed by atoms with van der Waals surface area (Å²) in [6, 6.07) is -1.01. The van der Waals surface area contributed by atoms with Crippen LogP contribution in [0.2, 0.25) is 0 Å². The number of nitrogen functional groups attached to an aromatic ring is 1. The highest BCUT2D eigenvalue weighted by Gasteiger charge is 2.54. The molecule has 0 aliphatic carbocycles. The number of aromatic nitrogens is 1. The van der Waals surface area contributed by atoms with Gasteiger partial charge in [0.15, 0.2) is 10.8 Å². The van der Waals surface area contributed by atoms with E-state index in [1.165, 1.54) is 29.3 Å². The van der Waals surface area contributed by atoms with Gasteiger partial charge in [-0.2, -0.15) is 0 Å². The lowest BCUT2D eigenvalue weighted by Gasteiger charge is -2.49. The summed E-state index contributed by atoms with van der Waals surface area (Å²) < 4.78 is 5.06. The molecular weight excluding hydrogens is 450 g/mol. The second kappa shape index (κ2) is 8.03. The number of nitrogens with two attached hydrogens (primary N) is 1. The number of amides is 2. The molecule has 1 aromatic rings. The van der Waals surface area contributed by atoms with E-state index in [-0.39, 0.29) is 28.7 Å². The summed E-state index contributed by atoms with van der Waals surface area (Å²) in [7, 11) is 0. The molecule has 4 heterocycles. The fourth-order valence-electron chi connectivity index (χ4n) is 3.43. The predicted octanol–water partition coefficient (Wildman–Crippen LogP) is -0.486. The molecule has 0 aromatic carbocycles. The predicted molar refractivity (Wildman–Crippen MR) is 108 cm³/mol. The number of carbonyl (C=O) groups excluding carboxylic acids is 3. The topological polar surface area (TPSA) is 185 Å². The van der Waals surface area contributed by atoms with Gasteiger partial charge < -0.3 is 26.1 Å². The average Bonchev–Trinajstić information content (AvgIpc) is 3.34. The number of thioether (sulfide) groups is 1. The number of carboxylic acids is 1. The average molecular weight is 465 g/mol. The molecule has 0 radical (unpaired) electrons. The normalized spacial score (nSPS) is 25.2. The minimum Gasteiger partial charge on any atom is -0.477 e. The van der Waals surface area contributed by atoms with Crippen molar-refractivity contribution in [3.05, 3.63) is 34.5 Å². The molecule has 3 aliphatic heterocycles. The van der Waals surface area contributed by atoms with Crippen molar-refractivity contribution >= 4 is 57.7 Å². The van der Waals surface area contributed by atoms with E-state index in [0.29, 0.717) is 5.57 Å². The first-order valence-corrected chi connectivity index (χ1v) is 10.8. The van der Waals surface area contributed by atoms with Gasteiger partial charge in [0.25, 0.3) is 11.8 Å². The molecule has 0 bridgehead atoms. The van der Waals surface area contributed by atoms with Crippen molar-refractivity contribution in [2.24, 2.45) is 5.16 Å². The van der Waals surface area contributed by atoms with E-state index in [4.69, 9.17) is 10.5 Å². The van der Waals surface area contributed by atoms with Gasteiger partial charge in [0.1, 0.15) is 28.9 Å². The summed E-state index contributed by atoms with van der Waals surface area (Å²) in [6.45, 7) is 0. The summed E-state index contributed by atoms with van der Waals surface area (Å²) in [5.74, 6) is -2.99. The minimum atomic E-state index is -1.29. The molecule has 31 heavy (non-hydrogen) atoms. The van der Waals surface area contributed by atoms with Crippen LogP contribution in [-0.4, -0.2) is 72.9 Å². The number of nitrogens with one attached hydrogen (secondary N) is 1. The third-order valence-electron chi connectivity index (χ3n) is 4.78. The summed E-state index contributed by atoms with van der Waals surface area (Å²) in [5, 5.41) is 25.2. The molecule has 3 atom stereocenters. The van der Waals surface area contributed by atoms with Crippen LogP contribution < -0.4 is 11.1 Å². The minimum absolute atomic E-state index is 0.0509. The Kier molecular flexibility index (Phi) is 5.41. The van der Waals surface area contributed by atoms with Crippen LogP contribution in [0.5, 0.6) is 0 Å². The molecule has 1 saturated heterocycles. The van der Waals surface area contributed by atoms with Gasteiger partial charge in [-0.3, -0.25) is 14.5 Å². The van der Waals surface area contributed by atoms with Crippen molar-refractivity contribution < 1.29 is 34.2 Å². The van der Waals surface area contributed by atoms with Crippen LogP contribution in [-0.2, 0) is 23.9 Å². The molecule has 5 N–H and O–H groups in total. The molecule has 2 amide bonds. The van der Waals surface area contributed by atoms with Crippen molar-refractivity contribution in [1.29, 1.82) is 0 Å². The Morgan fingerprint density at radius 2 is 2.19 bits per heavy atom. The fourth-order valence-corrected chi connectivity index (χ4v) is 5.33. The van der Waals surface area contributed by atoms with E-state index >= 15 is 0 Å². The second-order valence-corrected chi connectivity index (χ2v) is 8.67. The number of hydrogen-bond acceptors (Lipinski definition) is 11. The number of rotatable bonds is 6. The van der Waals surface area contributed by atoms with Crippen LogP contribution >= 0.6 is 23.1 Å². The van der Waals surface area contributed by atoms with E-state index in [2.05, 4.69) is 15.5 Å². The SMILES string of the molecule is Nc1nc(/C(=N/O)C(=O)N[C@@H]2C(=O)N3C(C(=O)O)=C(CC4C=CC(=O)O4)CS[C@@H]23)cs1. The molecule has 3 aliphatic rings. The number of carbonyl (C=O) groups is 4. The van der Waals surface area contributed by atoms with Crippen LogP contribution in [0.1, 0.15) is 12.1 Å². The third kappa shape index (κ3) is 3.74. The number of anilines is 1. The van der Waals surface area contributed by atoms with Crippen molar-refractivity contribution in [3.63, 3.8) is 0 Å².